The third-order valence-corrected chi connectivity index (χ3v) is 5.93. The van der Waals surface area contributed by atoms with Crippen LogP contribution >= 0.6 is 0 Å². The minimum atomic E-state index is 1.14. The lowest BCUT2D eigenvalue weighted by Gasteiger charge is -2.14. The number of hydrogen-bond donors (Lipinski definition) is 0. The molecule has 6 rings (SSSR count). The molecule has 0 N–H and O–H groups in total. The fraction of sp³-hybridized carbons (Fsp3) is 0. The molecule has 0 aliphatic rings. The predicted octanol–water partition coefficient (Wildman–Crippen LogP) is 7.88. The second kappa shape index (κ2) is 6.82. The second-order valence-corrected chi connectivity index (χ2v) is 7.67. The molecule has 140 valence electrons. The van der Waals surface area contributed by atoms with Gasteiger partial charge < -0.3 is 0 Å². The molecule has 0 radical (unpaired) electrons. The van der Waals surface area contributed by atoms with E-state index in [9.17, 15) is 0 Å². The zero-order valence-electron chi connectivity index (χ0n) is 16.4. The SMILES string of the molecule is c1cncc(-c2ccc(-c3cccc4cc5ccccc5cc34)c3ccccc23)c1. The highest BCUT2D eigenvalue weighted by molar-refractivity contribution is 6.11. The Morgan fingerprint density at radius 1 is 0.433 bits per heavy atom. The minimum Gasteiger partial charge on any atom is -0.264 e. The van der Waals surface area contributed by atoms with Crippen LogP contribution in [0.3, 0.4) is 0 Å². The Kier molecular flexibility index (Phi) is 3.85. The first-order chi connectivity index (χ1) is 14.9. The van der Waals surface area contributed by atoms with Crippen LogP contribution in [-0.2, 0) is 0 Å². The summed E-state index contributed by atoms with van der Waals surface area (Å²) in [6, 6.07) is 37.1. The molecular formula is C29H19N. The van der Waals surface area contributed by atoms with Crippen LogP contribution < -0.4 is 0 Å². The first-order valence-electron chi connectivity index (χ1n) is 10.2. The maximum atomic E-state index is 4.32. The van der Waals surface area contributed by atoms with Crippen LogP contribution in [-0.4, -0.2) is 4.98 Å². The van der Waals surface area contributed by atoms with Gasteiger partial charge in [0.05, 0.1) is 0 Å². The van der Waals surface area contributed by atoms with Gasteiger partial charge in [-0.25, -0.2) is 0 Å². The maximum Gasteiger partial charge on any atom is 0.0346 e. The van der Waals surface area contributed by atoms with E-state index in [1.807, 2.05) is 18.5 Å². The van der Waals surface area contributed by atoms with Crippen molar-refractivity contribution in [1.29, 1.82) is 0 Å². The molecule has 0 bridgehead atoms. The first kappa shape index (κ1) is 16.9. The Morgan fingerprint density at radius 3 is 1.90 bits per heavy atom. The molecule has 0 fully saturated rings. The van der Waals surface area contributed by atoms with E-state index in [4.69, 9.17) is 0 Å². The normalized spacial score (nSPS) is 11.3. The largest absolute Gasteiger partial charge is 0.264 e. The van der Waals surface area contributed by atoms with E-state index < -0.39 is 0 Å². The summed E-state index contributed by atoms with van der Waals surface area (Å²) in [5, 5.41) is 7.62. The molecule has 6 aromatic rings. The maximum absolute atomic E-state index is 4.32. The van der Waals surface area contributed by atoms with Gasteiger partial charge in [-0.2, -0.15) is 0 Å². The lowest BCUT2D eigenvalue weighted by Crippen LogP contribution is -1.88. The van der Waals surface area contributed by atoms with Crippen LogP contribution in [0.2, 0.25) is 0 Å². The van der Waals surface area contributed by atoms with Crippen molar-refractivity contribution >= 4 is 32.3 Å². The van der Waals surface area contributed by atoms with E-state index in [0.717, 1.165) is 5.56 Å². The number of aromatic nitrogens is 1. The van der Waals surface area contributed by atoms with Gasteiger partial charge in [-0.15, -0.1) is 0 Å². The molecule has 0 saturated heterocycles. The number of fused-ring (bicyclic) bond motifs is 3. The molecule has 0 unspecified atom stereocenters. The number of benzene rings is 5. The summed E-state index contributed by atoms with van der Waals surface area (Å²) in [4.78, 5) is 4.32. The summed E-state index contributed by atoms with van der Waals surface area (Å²) in [6.45, 7) is 0. The summed E-state index contributed by atoms with van der Waals surface area (Å²) in [7, 11) is 0. The highest BCUT2D eigenvalue weighted by atomic mass is 14.6. The highest BCUT2D eigenvalue weighted by Gasteiger charge is 2.12. The average molecular weight is 381 g/mol. The molecule has 0 spiro atoms. The molecular weight excluding hydrogens is 362 g/mol. The standard InChI is InChI=1S/C29H19N/c1-2-8-21-18-29-22(17-20(21)7-1)9-5-13-27(29)28-15-14-24(23-10-6-16-30-19-23)25-11-3-4-12-26(25)28/h1-19H. The van der Waals surface area contributed by atoms with Crippen molar-refractivity contribution in [2.24, 2.45) is 0 Å². The van der Waals surface area contributed by atoms with E-state index >= 15 is 0 Å². The molecule has 30 heavy (non-hydrogen) atoms. The predicted molar refractivity (Wildman–Crippen MR) is 128 cm³/mol. The van der Waals surface area contributed by atoms with Gasteiger partial charge in [0, 0.05) is 18.0 Å². The minimum absolute atomic E-state index is 1.14. The molecule has 1 nitrogen and oxygen atoms in total. The van der Waals surface area contributed by atoms with Crippen LogP contribution in [0.1, 0.15) is 0 Å². The summed E-state index contributed by atoms with van der Waals surface area (Å²) in [6.07, 6.45) is 3.76. The second-order valence-electron chi connectivity index (χ2n) is 7.67. The molecule has 0 aliphatic heterocycles. The van der Waals surface area contributed by atoms with Gasteiger partial charge in [0.1, 0.15) is 0 Å². The molecule has 0 atom stereocenters. The Labute approximate surface area is 175 Å². The first-order valence-corrected chi connectivity index (χ1v) is 10.2. The molecule has 0 saturated carbocycles. The van der Waals surface area contributed by atoms with Crippen molar-refractivity contribution in [2.45, 2.75) is 0 Å². The number of pyridine rings is 1. The van der Waals surface area contributed by atoms with E-state index in [0.29, 0.717) is 0 Å². The van der Waals surface area contributed by atoms with Crippen LogP contribution in [0.25, 0.3) is 54.6 Å². The van der Waals surface area contributed by atoms with Gasteiger partial charge in [-0.1, -0.05) is 84.9 Å². The van der Waals surface area contributed by atoms with Gasteiger partial charge in [-0.3, -0.25) is 4.98 Å². The van der Waals surface area contributed by atoms with Crippen molar-refractivity contribution < 1.29 is 0 Å². The molecule has 5 aromatic carbocycles. The fourth-order valence-corrected chi connectivity index (χ4v) is 4.51. The van der Waals surface area contributed by atoms with Crippen molar-refractivity contribution in [3.63, 3.8) is 0 Å². The molecule has 1 heteroatoms. The third kappa shape index (κ3) is 2.67. The Morgan fingerprint density at radius 2 is 1.10 bits per heavy atom. The van der Waals surface area contributed by atoms with Crippen molar-refractivity contribution in [3.8, 4) is 22.3 Å². The van der Waals surface area contributed by atoms with E-state index in [2.05, 4.69) is 102 Å². The lowest BCUT2D eigenvalue weighted by atomic mass is 9.90. The van der Waals surface area contributed by atoms with Gasteiger partial charge in [-0.05, 0) is 67.2 Å². The van der Waals surface area contributed by atoms with Crippen LogP contribution in [0.15, 0.2) is 116 Å². The van der Waals surface area contributed by atoms with Gasteiger partial charge in [0.2, 0.25) is 0 Å². The number of nitrogens with zero attached hydrogens (tertiary/aromatic N) is 1. The van der Waals surface area contributed by atoms with Gasteiger partial charge in [0.15, 0.2) is 0 Å². The number of hydrogen-bond acceptors (Lipinski definition) is 1. The molecule has 0 amide bonds. The van der Waals surface area contributed by atoms with Gasteiger partial charge in [0.25, 0.3) is 0 Å². The smallest absolute Gasteiger partial charge is 0.0346 e. The summed E-state index contributed by atoms with van der Waals surface area (Å²) >= 11 is 0. The Balaban J connectivity index is 1.66. The Bertz CT molecular complexity index is 1530. The third-order valence-electron chi connectivity index (χ3n) is 5.93. The average Bonchev–Trinajstić information content (AvgIpc) is 2.82. The summed E-state index contributed by atoms with van der Waals surface area (Å²) < 4.78 is 0. The molecule has 0 aliphatic carbocycles. The topological polar surface area (TPSA) is 12.9 Å². The molecule has 1 heterocycles. The zero-order chi connectivity index (χ0) is 19.9. The quantitative estimate of drug-likeness (QED) is 0.278. The summed E-state index contributed by atoms with van der Waals surface area (Å²) in [5.74, 6) is 0. The highest BCUT2D eigenvalue weighted by Crippen LogP contribution is 2.39. The van der Waals surface area contributed by atoms with Gasteiger partial charge >= 0.3 is 0 Å². The monoisotopic (exact) mass is 381 g/mol. The van der Waals surface area contributed by atoms with Crippen LogP contribution in [0, 0.1) is 0 Å². The zero-order valence-corrected chi connectivity index (χ0v) is 16.4. The number of rotatable bonds is 2. The Hall–Kier alpha value is -3.97. The fourth-order valence-electron chi connectivity index (χ4n) is 4.51. The van der Waals surface area contributed by atoms with Crippen molar-refractivity contribution in [2.75, 3.05) is 0 Å². The van der Waals surface area contributed by atoms with Crippen LogP contribution in [0.5, 0.6) is 0 Å². The van der Waals surface area contributed by atoms with E-state index in [1.54, 1.807) is 0 Å². The van der Waals surface area contributed by atoms with E-state index in [-0.39, 0.29) is 0 Å². The lowest BCUT2D eigenvalue weighted by molar-refractivity contribution is 1.33. The van der Waals surface area contributed by atoms with Crippen LogP contribution in [0.4, 0.5) is 0 Å². The summed E-state index contributed by atoms with van der Waals surface area (Å²) in [5.41, 5.74) is 4.89. The van der Waals surface area contributed by atoms with Crippen molar-refractivity contribution in [3.05, 3.63) is 116 Å². The van der Waals surface area contributed by atoms with Crippen molar-refractivity contribution in [1.82, 2.24) is 4.98 Å². The van der Waals surface area contributed by atoms with E-state index in [1.165, 1.54) is 49.0 Å². The molecule has 1 aromatic heterocycles.